The lowest BCUT2D eigenvalue weighted by Gasteiger charge is -2.03. The Kier molecular flexibility index (Phi) is 9.70. The summed E-state index contributed by atoms with van der Waals surface area (Å²) in [7, 11) is 1.66. The Morgan fingerprint density at radius 3 is 2.64 bits per heavy atom. The summed E-state index contributed by atoms with van der Waals surface area (Å²) in [6.07, 6.45) is 0. The van der Waals surface area contributed by atoms with Crippen molar-refractivity contribution in [3.8, 4) is 0 Å². The van der Waals surface area contributed by atoms with Gasteiger partial charge in [0.1, 0.15) is 0 Å². The lowest BCUT2D eigenvalue weighted by Crippen LogP contribution is -2.26. The first-order chi connectivity index (χ1) is 5.41. The van der Waals surface area contributed by atoms with Crippen LogP contribution in [0.25, 0.3) is 0 Å². The minimum Gasteiger partial charge on any atom is -0.382 e. The topological polar surface area (TPSA) is 56.5 Å². The van der Waals surface area contributed by atoms with Crippen LogP contribution in [0, 0.1) is 0 Å². The first-order valence-corrected chi connectivity index (χ1v) is 3.89. The molecule has 0 rings (SSSR count). The molecule has 0 aliphatic rings. The first kappa shape index (κ1) is 10.8. The molecule has 11 heavy (non-hydrogen) atoms. The van der Waals surface area contributed by atoms with Crippen LogP contribution in [0.15, 0.2) is 0 Å². The van der Waals surface area contributed by atoms with Gasteiger partial charge in [-0.3, -0.25) is 0 Å². The summed E-state index contributed by atoms with van der Waals surface area (Å²) in [4.78, 5) is 0. The molecular formula is C7H18N2O2. The second-order valence-corrected chi connectivity index (χ2v) is 2.14. The van der Waals surface area contributed by atoms with Gasteiger partial charge >= 0.3 is 0 Å². The van der Waals surface area contributed by atoms with Crippen molar-refractivity contribution in [3.05, 3.63) is 0 Å². The van der Waals surface area contributed by atoms with E-state index < -0.39 is 0 Å². The Labute approximate surface area is 68.0 Å². The third kappa shape index (κ3) is 9.84. The van der Waals surface area contributed by atoms with Gasteiger partial charge in [-0.05, 0) is 0 Å². The maximum atomic E-state index is 5.27. The number of hydrogen-bond donors (Lipinski definition) is 2. The van der Waals surface area contributed by atoms with E-state index in [0.717, 1.165) is 19.7 Å². The molecule has 0 atom stereocenters. The molecule has 0 amide bonds. The third-order valence-corrected chi connectivity index (χ3v) is 1.18. The fraction of sp³-hybridized carbons (Fsp3) is 1.00. The fourth-order valence-electron chi connectivity index (χ4n) is 0.616. The number of ether oxygens (including phenoxy) is 2. The number of nitrogens with two attached hydrogens (primary N) is 1. The summed E-state index contributed by atoms with van der Waals surface area (Å²) in [5.74, 6) is 0. The molecule has 3 N–H and O–H groups in total. The van der Waals surface area contributed by atoms with Gasteiger partial charge in [-0.2, -0.15) is 0 Å². The second kappa shape index (κ2) is 9.84. The van der Waals surface area contributed by atoms with Crippen LogP contribution in [0.4, 0.5) is 0 Å². The maximum Gasteiger partial charge on any atom is 0.0700 e. The average Bonchev–Trinajstić information content (AvgIpc) is 2.03. The van der Waals surface area contributed by atoms with Crippen molar-refractivity contribution in [1.82, 2.24) is 5.32 Å². The van der Waals surface area contributed by atoms with E-state index in [1.807, 2.05) is 0 Å². The van der Waals surface area contributed by atoms with Gasteiger partial charge in [0, 0.05) is 26.7 Å². The van der Waals surface area contributed by atoms with Gasteiger partial charge in [-0.25, -0.2) is 0 Å². The molecule has 0 radical (unpaired) electrons. The van der Waals surface area contributed by atoms with E-state index in [2.05, 4.69) is 5.32 Å². The molecule has 0 bridgehead atoms. The standard InChI is InChI=1S/C7H18N2O2/c1-10-6-7-11-5-4-9-3-2-8/h9H,2-8H2,1H3. The predicted molar refractivity (Wildman–Crippen MR) is 44.6 cm³/mol. The lowest BCUT2D eigenvalue weighted by atomic mass is 10.6. The zero-order chi connectivity index (χ0) is 8.36. The highest BCUT2D eigenvalue weighted by molar-refractivity contribution is 4.45. The normalized spacial score (nSPS) is 10.4. The first-order valence-electron chi connectivity index (χ1n) is 3.89. The van der Waals surface area contributed by atoms with Gasteiger partial charge in [0.15, 0.2) is 0 Å². The average molecular weight is 162 g/mol. The van der Waals surface area contributed by atoms with Gasteiger partial charge in [0.05, 0.1) is 19.8 Å². The maximum absolute atomic E-state index is 5.27. The van der Waals surface area contributed by atoms with Gasteiger partial charge in [0.2, 0.25) is 0 Å². The van der Waals surface area contributed by atoms with Gasteiger partial charge in [0.25, 0.3) is 0 Å². The fourth-order valence-corrected chi connectivity index (χ4v) is 0.616. The van der Waals surface area contributed by atoms with E-state index in [1.165, 1.54) is 0 Å². The molecule has 0 unspecified atom stereocenters. The number of methoxy groups -OCH3 is 1. The monoisotopic (exact) mass is 162 g/mol. The molecule has 0 heterocycles. The SMILES string of the molecule is COCCOCCNCCN. The Morgan fingerprint density at radius 2 is 2.00 bits per heavy atom. The van der Waals surface area contributed by atoms with Crippen LogP contribution in [-0.4, -0.2) is 46.6 Å². The molecule has 68 valence electrons. The molecule has 4 heteroatoms. The summed E-state index contributed by atoms with van der Waals surface area (Å²) in [6.45, 7) is 4.45. The Morgan fingerprint density at radius 1 is 1.18 bits per heavy atom. The van der Waals surface area contributed by atoms with Crippen molar-refractivity contribution in [2.24, 2.45) is 5.73 Å². The second-order valence-electron chi connectivity index (χ2n) is 2.14. The molecule has 0 saturated heterocycles. The summed E-state index contributed by atoms with van der Waals surface area (Å²) < 4.78 is 10.00. The molecular weight excluding hydrogens is 144 g/mol. The predicted octanol–water partition coefficient (Wildman–Crippen LogP) is -0.802. The van der Waals surface area contributed by atoms with Gasteiger partial charge < -0.3 is 20.5 Å². The molecule has 0 saturated carbocycles. The van der Waals surface area contributed by atoms with Crippen LogP contribution in [0.2, 0.25) is 0 Å². The van der Waals surface area contributed by atoms with Crippen LogP contribution in [0.5, 0.6) is 0 Å². The van der Waals surface area contributed by atoms with Crippen LogP contribution < -0.4 is 11.1 Å². The summed E-state index contributed by atoms with van der Waals surface area (Å²) in [5.41, 5.74) is 5.27. The quantitative estimate of drug-likeness (QED) is 0.459. The minimum atomic E-state index is 0.664. The summed E-state index contributed by atoms with van der Waals surface area (Å²) in [6, 6.07) is 0. The van der Waals surface area contributed by atoms with Crippen molar-refractivity contribution in [1.29, 1.82) is 0 Å². The van der Waals surface area contributed by atoms with Crippen LogP contribution in [0.1, 0.15) is 0 Å². The van der Waals surface area contributed by atoms with E-state index in [0.29, 0.717) is 19.8 Å². The Hall–Kier alpha value is -0.160. The number of nitrogens with one attached hydrogen (secondary N) is 1. The lowest BCUT2D eigenvalue weighted by molar-refractivity contribution is 0.0721. The summed E-state index contributed by atoms with van der Waals surface area (Å²) in [5, 5.41) is 3.12. The van der Waals surface area contributed by atoms with Crippen LogP contribution >= 0.6 is 0 Å². The molecule has 0 aromatic heterocycles. The molecule has 4 nitrogen and oxygen atoms in total. The van der Waals surface area contributed by atoms with Crippen LogP contribution in [-0.2, 0) is 9.47 Å². The zero-order valence-electron chi connectivity index (χ0n) is 7.14. The van der Waals surface area contributed by atoms with Crippen LogP contribution in [0.3, 0.4) is 0 Å². The molecule has 0 aromatic carbocycles. The van der Waals surface area contributed by atoms with Crippen molar-refractivity contribution in [2.75, 3.05) is 46.6 Å². The van der Waals surface area contributed by atoms with Gasteiger partial charge in [-0.1, -0.05) is 0 Å². The van der Waals surface area contributed by atoms with Gasteiger partial charge in [-0.15, -0.1) is 0 Å². The largest absolute Gasteiger partial charge is 0.382 e. The van der Waals surface area contributed by atoms with E-state index in [9.17, 15) is 0 Å². The summed E-state index contributed by atoms with van der Waals surface area (Å²) >= 11 is 0. The molecule has 0 spiro atoms. The Bertz CT molecular complexity index is 63.5. The van der Waals surface area contributed by atoms with Crippen molar-refractivity contribution >= 4 is 0 Å². The number of rotatable bonds is 8. The van der Waals surface area contributed by atoms with Crippen molar-refractivity contribution in [2.45, 2.75) is 0 Å². The Balaban J connectivity index is 2.69. The van der Waals surface area contributed by atoms with E-state index in [4.69, 9.17) is 15.2 Å². The molecule has 0 aromatic rings. The minimum absolute atomic E-state index is 0.664. The zero-order valence-corrected chi connectivity index (χ0v) is 7.14. The van der Waals surface area contributed by atoms with E-state index in [-0.39, 0.29) is 0 Å². The smallest absolute Gasteiger partial charge is 0.0700 e. The highest BCUT2D eigenvalue weighted by atomic mass is 16.5. The highest BCUT2D eigenvalue weighted by Gasteiger charge is 1.86. The molecule has 0 aliphatic heterocycles. The van der Waals surface area contributed by atoms with E-state index in [1.54, 1.807) is 7.11 Å². The van der Waals surface area contributed by atoms with Crippen molar-refractivity contribution < 1.29 is 9.47 Å². The molecule has 0 aliphatic carbocycles. The third-order valence-electron chi connectivity index (χ3n) is 1.18. The number of hydrogen-bond acceptors (Lipinski definition) is 4. The highest BCUT2D eigenvalue weighted by Crippen LogP contribution is 1.73. The molecule has 0 fully saturated rings. The van der Waals surface area contributed by atoms with E-state index >= 15 is 0 Å². The van der Waals surface area contributed by atoms with Crippen molar-refractivity contribution in [3.63, 3.8) is 0 Å².